The Hall–Kier alpha value is -1.81. The summed E-state index contributed by atoms with van der Waals surface area (Å²) in [5, 5.41) is 4.12. The molecule has 2 heterocycles. The summed E-state index contributed by atoms with van der Waals surface area (Å²) in [4.78, 5) is 2.54. The third kappa shape index (κ3) is 3.58. The molecule has 1 aliphatic heterocycles. The van der Waals surface area contributed by atoms with Crippen LogP contribution < -0.4 is 4.74 Å². The molecule has 23 heavy (non-hydrogen) atoms. The van der Waals surface area contributed by atoms with Gasteiger partial charge >= 0.3 is 0 Å². The predicted molar refractivity (Wildman–Crippen MR) is 90.6 cm³/mol. The van der Waals surface area contributed by atoms with E-state index in [1.54, 1.807) is 0 Å². The molecule has 1 atom stereocenters. The monoisotopic (exact) mass is 314 g/mol. The Morgan fingerprint density at radius 3 is 2.70 bits per heavy atom. The molecule has 3 rings (SSSR count). The van der Waals surface area contributed by atoms with Gasteiger partial charge in [-0.25, -0.2) is 0 Å². The first-order valence-electron chi connectivity index (χ1n) is 8.57. The third-order valence-electron chi connectivity index (χ3n) is 4.57. The van der Waals surface area contributed by atoms with Gasteiger partial charge in [-0.2, -0.15) is 0 Å². The van der Waals surface area contributed by atoms with E-state index in [0.717, 1.165) is 43.3 Å². The highest BCUT2D eigenvalue weighted by Crippen LogP contribution is 2.36. The minimum absolute atomic E-state index is 0.428. The van der Waals surface area contributed by atoms with Crippen molar-refractivity contribution in [2.24, 2.45) is 0 Å². The smallest absolute Gasteiger partial charge is 0.138 e. The molecule has 1 fully saturated rings. The van der Waals surface area contributed by atoms with Crippen LogP contribution in [-0.4, -0.2) is 23.2 Å². The molecule has 0 saturated carbocycles. The van der Waals surface area contributed by atoms with Gasteiger partial charge in [0.1, 0.15) is 11.5 Å². The van der Waals surface area contributed by atoms with Crippen molar-refractivity contribution in [3.63, 3.8) is 0 Å². The van der Waals surface area contributed by atoms with E-state index < -0.39 is 0 Å². The van der Waals surface area contributed by atoms with Gasteiger partial charge in [-0.1, -0.05) is 24.2 Å². The molecule has 0 radical (unpaired) electrons. The van der Waals surface area contributed by atoms with Crippen molar-refractivity contribution in [2.75, 3.05) is 13.2 Å². The molecule has 0 aliphatic carbocycles. The van der Waals surface area contributed by atoms with Crippen molar-refractivity contribution in [1.82, 2.24) is 10.1 Å². The van der Waals surface area contributed by atoms with E-state index in [2.05, 4.69) is 41.2 Å². The Balaban J connectivity index is 1.69. The maximum absolute atomic E-state index is 5.66. The molecule has 0 bridgehead atoms. The number of hydrogen-bond acceptors (Lipinski definition) is 4. The van der Waals surface area contributed by atoms with E-state index in [1.165, 1.54) is 24.0 Å². The van der Waals surface area contributed by atoms with E-state index in [-0.39, 0.29) is 0 Å². The molecule has 0 spiro atoms. The van der Waals surface area contributed by atoms with Gasteiger partial charge in [0, 0.05) is 18.2 Å². The second-order valence-electron chi connectivity index (χ2n) is 6.36. The normalized spacial score (nSPS) is 18.5. The van der Waals surface area contributed by atoms with Crippen molar-refractivity contribution in [3.8, 4) is 5.75 Å². The molecule has 0 amide bonds. The lowest BCUT2D eigenvalue weighted by Gasteiger charge is -2.24. The van der Waals surface area contributed by atoms with Crippen molar-refractivity contribution in [2.45, 2.75) is 52.6 Å². The van der Waals surface area contributed by atoms with Crippen molar-refractivity contribution in [1.29, 1.82) is 0 Å². The summed E-state index contributed by atoms with van der Waals surface area (Å²) in [5.74, 6) is 1.92. The molecule has 4 nitrogen and oxygen atoms in total. The topological polar surface area (TPSA) is 38.5 Å². The van der Waals surface area contributed by atoms with Crippen LogP contribution in [0.5, 0.6) is 5.75 Å². The van der Waals surface area contributed by atoms with Crippen molar-refractivity contribution in [3.05, 3.63) is 46.8 Å². The Kier molecular flexibility index (Phi) is 5.01. The Bertz CT molecular complexity index is 614. The van der Waals surface area contributed by atoms with Gasteiger partial charge in [-0.3, -0.25) is 4.90 Å². The summed E-state index contributed by atoms with van der Waals surface area (Å²) in [6.07, 6.45) is 3.45. The highest BCUT2D eigenvalue weighted by molar-refractivity contribution is 5.29. The molecule has 1 aliphatic rings. The minimum Gasteiger partial charge on any atom is -0.494 e. The molecule has 1 unspecified atom stereocenters. The average molecular weight is 314 g/mol. The maximum Gasteiger partial charge on any atom is 0.138 e. The third-order valence-corrected chi connectivity index (χ3v) is 4.57. The SMILES string of the molecule is CCCOc1ccc(CN2CCCC2c2c(C)noc2C)cc1. The second kappa shape index (κ2) is 7.18. The zero-order valence-corrected chi connectivity index (χ0v) is 14.3. The summed E-state index contributed by atoms with van der Waals surface area (Å²) in [6, 6.07) is 8.93. The largest absolute Gasteiger partial charge is 0.494 e. The van der Waals surface area contributed by atoms with Crippen LogP contribution in [-0.2, 0) is 6.54 Å². The quantitative estimate of drug-likeness (QED) is 0.791. The van der Waals surface area contributed by atoms with Gasteiger partial charge in [-0.05, 0) is 57.4 Å². The predicted octanol–water partition coefficient (Wildman–Crippen LogP) is 4.42. The first-order chi connectivity index (χ1) is 11.2. The lowest BCUT2D eigenvalue weighted by molar-refractivity contribution is 0.245. The summed E-state index contributed by atoms with van der Waals surface area (Å²) >= 11 is 0. The minimum atomic E-state index is 0.428. The van der Waals surface area contributed by atoms with E-state index in [4.69, 9.17) is 9.26 Å². The van der Waals surface area contributed by atoms with Crippen LogP contribution in [0.25, 0.3) is 0 Å². The molecule has 0 N–H and O–H groups in total. The van der Waals surface area contributed by atoms with Gasteiger partial charge in [0.2, 0.25) is 0 Å². The molecule has 1 aromatic heterocycles. The summed E-state index contributed by atoms with van der Waals surface area (Å²) < 4.78 is 11.0. The molecular formula is C19H26N2O2. The van der Waals surface area contributed by atoms with E-state index in [9.17, 15) is 0 Å². The molecule has 1 aromatic carbocycles. The number of ether oxygens (including phenoxy) is 1. The first-order valence-corrected chi connectivity index (χ1v) is 8.57. The van der Waals surface area contributed by atoms with Gasteiger partial charge in [0.15, 0.2) is 0 Å². The molecular weight excluding hydrogens is 288 g/mol. The number of aryl methyl sites for hydroxylation is 2. The van der Waals surface area contributed by atoms with E-state index in [0.29, 0.717) is 6.04 Å². The van der Waals surface area contributed by atoms with E-state index in [1.807, 2.05) is 13.8 Å². The Morgan fingerprint density at radius 2 is 2.04 bits per heavy atom. The number of nitrogens with zero attached hydrogens (tertiary/aromatic N) is 2. The zero-order valence-electron chi connectivity index (χ0n) is 14.3. The Labute approximate surface area is 138 Å². The zero-order chi connectivity index (χ0) is 16.2. The first kappa shape index (κ1) is 16.1. The van der Waals surface area contributed by atoms with E-state index >= 15 is 0 Å². The van der Waals surface area contributed by atoms with Crippen molar-refractivity contribution >= 4 is 0 Å². The highest BCUT2D eigenvalue weighted by Gasteiger charge is 2.30. The Morgan fingerprint density at radius 1 is 1.26 bits per heavy atom. The fraction of sp³-hybridized carbons (Fsp3) is 0.526. The number of hydrogen-bond donors (Lipinski definition) is 0. The molecule has 2 aromatic rings. The number of benzene rings is 1. The lowest BCUT2D eigenvalue weighted by atomic mass is 10.0. The average Bonchev–Trinajstić information content (AvgIpc) is 3.13. The van der Waals surface area contributed by atoms with Crippen LogP contribution >= 0.6 is 0 Å². The molecule has 4 heteroatoms. The number of likely N-dealkylation sites (tertiary alicyclic amines) is 1. The van der Waals surface area contributed by atoms with Gasteiger partial charge < -0.3 is 9.26 Å². The maximum atomic E-state index is 5.66. The summed E-state index contributed by atoms with van der Waals surface area (Å²) in [6.45, 7) is 9.05. The van der Waals surface area contributed by atoms with Crippen LogP contribution in [0.4, 0.5) is 0 Å². The van der Waals surface area contributed by atoms with Gasteiger partial charge in [0.25, 0.3) is 0 Å². The summed E-state index contributed by atoms with van der Waals surface area (Å²) in [7, 11) is 0. The van der Waals surface area contributed by atoms with Gasteiger partial charge in [-0.15, -0.1) is 0 Å². The molecule has 124 valence electrons. The fourth-order valence-electron chi connectivity index (χ4n) is 3.45. The lowest BCUT2D eigenvalue weighted by Crippen LogP contribution is -2.23. The van der Waals surface area contributed by atoms with Crippen LogP contribution in [0, 0.1) is 13.8 Å². The summed E-state index contributed by atoms with van der Waals surface area (Å²) in [5.41, 5.74) is 3.64. The fourth-order valence-corrected chi connectivity index (χ4v) is 3.45. The van der Waals surface area contributed by atoms with Gasteiger partial charge in [0.05, 0.1) is 12.3 Å². The highest BCUT2D eigenvalue weighted by atomic mass is 16.5. The number of aromatic nitrogens is 1. The van der Waals surface area contributed by atoms with Crippen LogP contribution in [0.15, 0.2) is 28.8 Å². The number of rotatable bonds is 6. The standard InChI is InChI=1S/C19H26N2O2/c1-4-12-22-17-9-7-16(8-10-17)13-21-11-5-6-18(21)19-14(2)20-23-15(19)3/h7-10,18H,4-6,11-13H2,1-3H3. The van der Waals surface area contributed by atoms with Crippen molar-refractivity contribution < 1.29 is 9.26 Å². The second-order valence-corrected chi connectivity index (χ2v) is 6.36. The van der Waals surface area contributed by atoms with Crippen LogP contribution in [0.1, 0.15) is 54.8 Å². The van der Waals surface area contributed by atoms with Crippen LogP contribution in [0.2, 0.25) is 0 Å². The molecule has 1 saturated heterocycles. The van der Waals surface area contributed by atoms with Crippen LogP contribution in [0.3, 0.4) is 0 Å².